The quantitative estimate of drug-likeness (QED) is 0.857. The molecule has 1 atom stereocenters. The Labute approximate surface area is 123 Å². The summed E-state index contributed by atoms with van der Waals surface area (Å²) in [6.45, 7) is -0.355. The molecule has 4 nitrogen and oxygen atoms in total. The van der Waals surface area contributed by atoms with Gasteiger partial charge in [0.1, 0.15) is 5.82 Å². The highest BCUT2D eigenvalue weighted by molar-refractivity contribution is 7.88. The van der Waals surface area contributed by atoms with Crippen LogP contribution in [-0.2, 0) is 15.8 Å². The van der Waals surface area contributed by atoms with E-state index >= 15 is 0 Å². The Morgan fingerprint density at radius 3 is 2.43 bits per heavy atom. The van der Waals surface area contributed by atoms with Gasteiger partial charge in [0.05, 0.1) is 18.4 Å². The van der Waals surface area contributed by atoms with E-state index in [0.717, 1.165) is 0 Å². The summed E-state index contributed by atoms with van der Waals surface area (Å²) in [4.78, 5) is 0. The van der Waals surface area contributed by atoms with Crippen molar-refractivity contribution in [3.05, 3.63) is 71.5 Å². The summed E-state index contributed by atoms with van der Waals surface area (Å²) in [6.07, 6.45) is 0. The zero-order chi connectivity index (χ0) is 15.3. The average molecular weight is 309 g/mol. The van der Waals surface area contributed by atoms with Gasteiger partial charge in [0.2, 0.25) is 10.0 Å². The lowest BCUT2D eigenvalue weighted by atomic mass is 10.1. The van der Waals surface area contributed by atoms with Gasteiger partial charge >= 0.3 is 0 Å². The molecule has 0 spiro atoms. The van der Waals surface area contributed by atoms with E-state index in [1.807, 2.05) is 0 Å². The molecule has 2 aromatic rings. The topological polar surface area (TPSA) is 66.4 Å². The van der Waals surface area contributed by atoms with Crippen molar-refractivity contribution < 1.29 is 17.9 Å². The lowest BCUT2D eigenvalue weighted by Crippen LogP contribution is -2.31. The standard InChI is InChI=1S/C15H16FNO3S/c16-14-8-4-5-12(9-14)11-21(19,20)17-15(10-18)13-6-2-1-3-7-13/h1-9,15,17-18H,10-11H2/t15-/m0/s1. The maximum atomic E-state index is 13.1. The summed E-state index contributed by atoms with van der Waals surface area (Å²) in [5.74, 6) is -0.821. The van der Waals surface area contributed by atoms with E-state index in [1.54, 1.807) is 36.4 Å². The van der Waals surface area contributed by atoms with Gasteiger partial charge in [0.25, 0.3) is 0 Å². The van der Waals surface area contributed by atoms with Crippen LogP contribution in [0.3, 0.4) is 0 Å². The fourth-order valence-electron chi connectivity index (χ4n) is 2.00. The van der Waals surface area contributed by atoms with Gasteiger partial charge in [0, 0.05) is 0 Å². The zero-order valence-corrected chi connectivity index (χ0v) is 12.1. The van der Waals surface area contributed by atoms with Crippen molar-refractivity contribution in [2.24, 2.45) is 0 Å². The van der Waals surface area contributed by atoms with E-state index in [2.05, 4.69) is 4.72 Å². The number of hydrogen-bond donors (Lipinski definition) is 2. The van der Waals surface area contributed by atoms with Crippen LogP contribution < -0.4 is 4.72 Å². The van der Waals surface area contributed by atoms with Crippen LogP contribution in [0.1, 0.15) is 17.2 Å². The molecule has 2 aromatic carbocycles. The molecule has 0 radical (unpaired) electrons. The van der Waals surface area contributed by atoms with E-state index in [1.165, 1.54) is 18.2 Å². The summed E-state index contributed by atoms with van der Waals surface area (Å²) in [5.41, 5.74) is 1.02. The number of benzene rings is 2. The number of aliphatic hydroxyl groups excluding tert-OH is 1. The van der Waals surface area contributed by atoms with Gasteiger partial charge in [-0.2, -0.15) is 0 Å². The van der Waals surface area contributed by atoms with E-state index in [9.17, 15) is 17.9 Å². The highest BCUT2D eigenvalue weighted by Crippen LogP contribution is 2.15. The molecule has 0 unspecified atom stereocenters. The first kappa shape index (κ1) is 15.6. The Kier molecular flexibility index (Phi) is 5.06. The molecule has 112 valence electrons. The predicted octanol–water partition coefficient (Wildman–Crippen LogP) is 1.98. The second kappa shape index (κ2) is 6.80. The van der Waals surface area contributed by atoms with Crippen molar-refractivity contribution in [1.29, 1.82) is 0 Å². The third-order valence-electron chi connectivity index (χ3n) is 2.95. The second-order valence-corrected chi connectivity index (χ2v) is 6.41. The monoisotopic (exact) mass is 309 g/mol. The highest BCUT2D eigenvalue weighted by Gasteiger charge is 2.19. The first-order valence-electron chi connectivity index (χ1n) is 6.40. The van der Waals surface area contributed by atoms with E-state index in [-0.39, 0.29) is 12.4 Å². The number of sulfonamides is 1. The summed E-state index contributed by atoms with van der Waals surface area (Å²) in [7, 11) is -3.69. The van der Waals surface area contributed by atoms with Crippen molar-refractivity contribution >= 4 is 10.0 Å². The maximum Gasteiger partial charge on any atom is 0.216 e. The van der Waals surface area contributed by atoms with Crippen LogP contribution in [0.15, 0.2) is 54.6 Å². The van der Waals surface area contributed by atoms with Crippen LogP contribution in [-0.4, -0.2) is 20.1 Å². The Balaban J connectivity index is 2.13. The molecule has 0 saturated carbocycles. The van der Waals surface area contributed by atoms with Gasteiger partial charge in [-0.15, -0.1) is 0 Å². The zero-order valence-electron chi connectivity index (χ0n) is 11.2. The van der Waals surface area contributed by atoms with Crippen molar-refractivity contribution in [1.82, 2.24) is 4.72 Å². The molecule has 0 saturated heterocycles. The number of rotatable bonds is 6. The fourth-order valence-corrected chi connectivity index (χ4v) is 3.35. The van der Waals surface area contributed by atoms with Gasteiger partial charge in [-0.05, 0) is 23.3 Å². The third-order valence-corrected chi connectivity index (χ3v) is 4.31. The SMILES string of the molecule is O=S(=O)(Cc1cccc(F)c1)N[C@@H](CO)c1ccccc1. The number of nitrogens with one attached hydrogen (secondary N) is 1. The molecule has 0 fully saturated rings. The molecule has 0 bridgehead atoms. The van der Waals surface area contributed by atoms with Crippen LogP contribution in [0, 0.1) is 5.82 Å². The van der Waals surface area contributed by atoms with Crippen molar-refractivity contribution in [2.45, 2.75) is 11.8 Å². The Morgan fingerprint density at radius 1 is 1.10 bits per heavy atom. The van der Waals surface area contributed by atoms with E-state index < -0.39 is 21.9 Å². The Bertz CT molecular complexity index is 689. The number of aliphatic hydroxyl groups is 1. The van der Waals surface area contributed by atoms with Gasteiger partial charge in [-0.3, -0.25) is 0 Å². The average Bonchev–Trinajstić information content (AvgIpc) is 2.45. The molecule has 0 aliphatic rings. The summed E-state index contributed by atoms with van der Waals surface area (Å²) in [5, 5.41) is 9.37. The number of hydrogen-bond acceptors (Lipinski definition) is 3. The van der Waals surface area contributed by atoms with Gasteiger partial charge < -0.3 is 5.11 Å². The normalized spacial score (nSPS) is 13.0. The Hall–Kier alpha value is -1.76. The molecule has 0 aliphatic heterocycles. The fraction of sp³-hybridized carbons (Fsp3) is 0.200. The van der Waals surface area contributed by atoms with Crippen LogP contribution in [0.25, 0.3) is 0 Å². The maximum absolute atomic E-state index is 13.1. The van der Waals surface area contributed by atoms with E-state index in [4.69, 9.17) is 0 Å². The largest absolute Gasteiger partial charge is 0.394 e. The van der Waals surface area contributed by atoms with Crippen molar-refractivity contribution in [3.8, 4) is 0 Å². The summed E-state index contributed by atoms with van der Waals surface area (Å²) in [6, 6.07) is 13.5. The third kappa shape index (κ3) is 4.63. The molecule has 0 aliphatic carbocycles. The minimum Gasteiger partial charge on any atom is -0.394 e. The first-order chi connectivity index (χ1) is 10.00. The first-order valence-corrected chi connectivity index (χ1v) is 8.05. The molecule has 2 rings (SSSR count). The molecule has 0 aromatic heterocycles. The highest BCUT2D eigenvalue weighted by atomic mass is 32.2. The van der Waals surface area contributed by atoms with Crippen LogP contribution in [0.5, 0.6) is 0 Å². The van der Waals surface area contributed by atoms with Crippen molar-refractivity contribution in [2.75, 3.05) is 6.61 Å². The van der Waals surface area contributed by atoms with Crippen LogP contribution in [0.2, 0.25) is 0 Å². The molecule has 6 heteroatoms. The van der Waals surface area contributed by atoms with Gasteiger partial charge in [-0.1, -0.05) is 42.5 Å². The van der Waals surface area contributed by atoms with Crippen LogP contribution in [0.4, 0.5) is 4.39 Å². The molecule has 2 N–H and O–H groups in total. The van der Waals surface area contributed by atoms with E-state index in [0.29, 0.717) is 11.1 Å². The lowest BCUT2D eigenvalue weighted by molar-refractivity contribution is 0.259. The van der Waals surface area contributed by atoms with Gasteiger partial charge in [-0.25, -0.2) is 17.5 Å². The minimum atomic E-state index is -3.69. The molecule has 0 amide bonds. The Morgan fingerprint density at radius 2 is 1.81 bits per heavy atom. The molecule has 21 heavy (non-hydrogen) atoms. The molecular weight excluding hydrogens is 293 g/mol. The second-order valence-electron chi connectivity index (χ2n) is 4.65. The van der Waals surface area contributed by atoms with Gasteiger partial charge in [0.15, 0.2) is 0 Å². The van der Waals surface area contributed by atoms with Crippen molar-refractivity contribution in [3.63, 3.8) is 0 Å². The summed E-state index contributed by atoms with van der Waals surface area (Å²) >= 11 is 0. The molecule has 0 heterocycles. The molecular formula is C15H16FNO3S. The predicted molar refractivity (Wildman–Crippen MR) is 78.4 cm³/mol. The number of halogens is 1. The lowest BCUT2D eigenvalue weighted by Gasteiger charge is -2.17. The summed E-state index contributed by atoms with van der Waals surface area (Å²) < 4.78 is 39.7. The van der Waals surface area contributed by atoms with Crippen LogP contribution >= 0.6 is 0 Å². The minimum absolute atomic E-state index is 0.339. The smallest absolute Gasteiger partial charge is 0.216 e.